The Morgan fingerprint density at radius 3 is 1.62 bits per heavy atom. The van der Waals surface area contributed by atoms with Crippen molar-refractivity contribution in [3.63, 3.8) is 0 Å². The molecule has 0 aliphatic heterocycles. The van der Waals surface area contributed by atoms with Gasteiger partial charge in [0.05, 0.1) is 0 Å². The van der Waals surface area contributed by atoms with Crippen molar-refractivity contribution >= 4 is 12.6 Å². The number of hydrogen-bond donors (Lipinski definition) is 0. The zero-order valence-corrected chi connectivity index (χ0v) is 8.33. The third kappa shape index (κ3) is 1.72. The average molecular weight is 212 g/mol. The van der Waals surface area contributed by atoms with Crippen molar-refractivity contribution in [3.8, 4) is 11.1 Å². The van der Waals surface area contributed by atoms with Gasteiger partial charge in [0.15, 0.2) is 12.6 Å². The lowest BCUT2D eigenvalue weighted by atomic mass is 10.0. The van der Waals surface area contributed by atoms with Crippen LogP contribution in [0.15, 0.2) is 36.9 Å². The van der Waals surface area contributed by atoms with Gasteiger partial charge in [0, 0.05) is 47.0 Å². The molecule has 2 aromatic heterocycles. The second-order valence-corrected chi connectivity index (χ2v) is 3.16. The van der Waals surface area contributed by atoms with Crippen LogP contribution in [0.25, 0.3) is 11.1 Å². The summed E-state index contributed by atoms with van der Waals surface area (Å²) in [4.78, 5) is 29.6. The molecule has 78 valence electrons. The largest absolute Gasteiger partial charge is 0.298 e. The standard InChI is InChI=1S/C12H8N2O2/c15-7-9-1-3-13-5-11(9)12-6-14-4-2-10(12)8-16/h1-8H. The molecule has 0 spiro atoms. The molecule has 16 heavy (non-hydrogen) atoms. The van der Waals surface area contributed by atoms with Crippen molar-refractivity contribution in [1.82, 2.24) is 9.97 Å². The molecule has 2 aromatic rings. The van der Waals surface area contributed by atoms with Crippen LogP contribution in [-0.4, -0.2) is 22.5 Å². The fourth-order valence-electron chi connectivity index (χ4n) is 1.47. The first-order valence-corrected chi connectivity index (χ1v) is 4.65. The van der Waals surface area contributed by atoms with E-state index in [1.807, 2.05) is 0 Å². The minimum Gasteiger partial charge on any atom is -0.298 e. The first kappa shape index (κ1) is 10.2. The predicted octanol–water partition coefficient (Wildman–Crippen LogP) is 1.77. The lowest BCUT2D eigenvalue weighted by molar-refractivity contribution is 0.111. The molecular formula is C12H8N2O2. The Hall–Kier alpha value is -2.36. The average Bonchev–Trinajstić information content (AvgIpc) is 2.38. The van der Waals surface area contributed by atoms with Crippen molar-refractivity contribution < 1.29 is 9.59 Å². The molecule has 0 unspecified atom stereocenters. The minimum absolute atomic E-state index is 0.492. The van der Waals surface area contributed by atoms with E-state index in [0.717, 1.165) is 12.6 Å². The van der Waals surface area contributed by atoms with Crippen molar-refractivity contribution in [2.45, 2.75) is 0 Å². The van der Waals surface area contributed by atoms with E-state index in [4.69, 9.17) is 0 Å². The summed E-state index contributed by atoms with van der Waals surface area (Å²) < 4.78 is 0. The van der Waals surface area contributed by atoms with Crippen LogP contribution < -0.4 is 0 Å². The Morgan fingerprint density at radius 1 is 0.812 bits per heavy atom. The highest BCUT2D eigenvalue weighted by molar-refractivity contribution is 5.93. The molecule has 0 saturated carbocycles. The quantitative estimate of drug-likeness (QED) is 0.727. The summed E-state index contributed by atoms with van der Waals surface area (Å²) >= 11 is 0. The Morgan fingerprint density at radius 2 is 1.25 bits per heavy atom. The summed E-state index contributed by atoms with van der Waals surface area (Å²) in [6.45, 7) is 0. The van der Waals surface area contributed by atoms with Crippen LogP contribution in [0.4, 0.5) is 0 Å². The van der Waals surface area contributed by atoms with E-state index in [1.54, 1.807) is 24.5 Å². The number of carbonyl (C=O) groups is 2. The fraction of sp³-hybridized carbons (Fsp3) is 0. The topological polar surface area (TPSA) is 59.9 Å². The molecular weight excluding hydrogens is 204 g/mol. The van der Waals surface area contributed by atoms with E-state index in [2.05, 4.69) is 9.97 Å². The van der Waals surface area contributed by atoms with E-state index in [9.17, 15) is 9.59 Å². The van der Waals surface area contributed by atoms with Gasteiger partial charge in [0.25, 0.3) is 0 Å². The van der Waals surface area contributed by atoms with Gasteiger partial charge in [0.1, 0.15) is 0 Å². The summed E-state index contributed by atoms with van der Waals surface area (Å²) in [6.07, 6.45) is 7.63. The number of aromatic nitrogens is 2. The third-order valence-electron chi connectivity index (χ3n) is 2.25. The number of pyridine rings is 2. The highest BCUT2D eigenvalue weighted by Gasteiger charge is 2.08. The molecule has 4 heteroatoms. The van der Waals surface area contributed by atoms with Gasteiger partial charge in [-0.3, -0.25) is 19.6 Å². The van der Waals surface area contributed by atoms with E-state index >= 15 is 0 Å². The number of hydrogen-bond acceptors (Lipinski definition) is 4. The number of nitrogens with zero attached hydrogens (tertiary/aromatic N) is 2. The molecule has 0 amide bonds. The molecule has 0 bridgehead atoms. The highest BCUT2D eigenvalue weighted by atomic mass is 16.1. The molecule has 0 aromatic carbocycles. The van der Waals surface area contributed by atoms with E-state index in [0.29, 0.717) is 22.3 Å². The van der Waals surface area contributed by atoms with Gasteiger partial charge < -0.3 is 0 Å². The van der Waals surface area contributed by atoms with Crippen LogP contribution in [0.2, 0.25) is 0 Å². The molecule has 0 aliphatic carbocycles. The minimum atomic E-state index is 0.492. The third-order valence-corrected chi connectivity index (χ3v) is 2.25. The maximum Gasteiger partial charge on any atom is 0.150 e. The first-order chi connectivity index (χ1) is 7.86. The predicted molar refractivity (Wildman–Crippen MR) is 58.2 cm³/mol. The van der Waals surface area contributed by atoms with Crippen LogP contribution in [0, 0.1) is 0 Å². The molecule has 2 heterocycles. The van der Waals surface area contributed by atoms with Gasteiger partial charge >= 0.3 is 0 Å². The summed E-state index contributed by atoms with van der Waals surface area (Å²) in [5.74, 6) is 0. The molecule has 0 aliphatic rings. The van der Waals surface area contributed by atoms with E-state index < -0.39 is 0 Å². The molecule has 0 radical (unpaired) electrons. The van der Waals surface area contributed by atoms with Crippen molar-refractivity contribution in [3.05, 3.63) is 48.0 Å². The van der Waals surface area contributed by atoms with Crippen LogP contribution in [-0.2, 0) is 0 Å². The van der Waals surface area contributed by atoms with Crippen LogP contribution in [0.1, 0.15) is 20.7 Å². The molecule has 0 fully saturated rings. The molecule has 0 N–H and O–H groups in total. The summed E-state index contributed by atoms with van der Waals surface area (Å²) in [5.41, 5.74) is 2.22. The van der Waals surface area contributed by atoms with Crippen molar-refractivity contribution in [1.29, 1.82) is 0 Å². The zero-order chi connectivity index (χ0) is 11.4. The maximum absolute atomic E-state index is 10.9. The monoisotopic (exact) mass is 212 g/mol. The SMILES string of the molecule is O=Cc1ccncc1-c1cnccc1C=O. The normalized spacial score (nSPS) is 9.75. The second-order valence-electron chi connectivity index (χ2n) is 3.16. The Bertz CT molecular complexity index is 489. The smallest absolute Gasteiger partial charge is 0.150 e. The van der Waals surface area contributed by atoms with Gasteiger partial charge in [-0.15, -0.1) is 0 Å². The molecule has 0 atom stereocenters. The van der Waals surface area contributed by atoms with Gasteiger partial charge in [-0.25, -0.2) is 0 Å². The number of aldehydes is 2. The highest BCUT2D eigenvalue weighted by Crippen LogP contribution is 2.23. The first-order valence-electron chi connectivity index (χ1n) is 4.65. The summed E-state index contributed by atoms with van der Waals surface area (Å²) in [6, 6.07) is 3.20. The fourth-order valence-corrected chi connectivity index (χ4v) is 1.47. The summed E-state index contributed by atoms with van der Waals surface area (Å²) in [7, 11) is 0. The second kappa shape index (κ2) is 4.44. The molecule has 4 nitrogen and oxygen atoms in total. The van der Waals surface area contributed by atoms with Crippen molar-refractivity contribution in [2.24, 2.45) is 0 Å². The van der Waals surface area contributed by atoms with Crippen LogP contribution in [0.5, 0.6) is 0 Å². The van der Waals surface area contributed by atoms with Crippen molar-refractivity contribution in [2.75, 3.05) is 0 Å². The van der Waals surface area contributed by atoms with Gasteiger partial charge in [-0.1, -0.05) is 0 Å². The van der Waals surface area contributed by atoms with Gasteiger partial charge in [-0.05, 0) is 12.1 Å². The summed E-state index contributed by atoms with van der Waals surface area (Å²) in [5, 5.41) is 0. The van der Waals surface area contributed by atoms with E-state index in [-0.39, 0.29) is 0 Å². The lowest BCUT2D eigenvalue weighted by Crippen LogP contribution is -1.93. The molecule has 2 rings (SSSR count). The zero-order valence-electron chi connectivity index (χ0n) is 8.33. The molecule has 0 saturated heterocycles. The Labute approximate surface area is 92.0 Å². The maximum atomic E-state index is 10.9. The number of carbonyl (C=O) groups excluding carboxylic acids is 2. The van der Waals surface area contributed by atoms with E-state index in [1.165, 1.54) is 12.4 Å². The lowest BCUT2D eigenvalue weighted by Gasteiger charge is -2.05. The Balaban J connectivity index is 2.67. The van der Waals surface area contributed by atoms with Gasteiger partial charge in [-0.2, -0.15) is 0 Å². The number of rotatable bonds is 3. The van der Waals surface area contributed by atoms with Crippen LogP contribution >= 0.6 is 0 Å². The Kier molecular flexibility index (Phi) is 2.82. The van der Waals surface area contributed by atoms with Gasteiger partial charge in [0.2, 0.25) is 0 Å². The van der Waals surface area contributed by atoms with Crippen LogP contribution in [0.3, 0.4) is 0 Å².